The van der Waals surface area contributed by atoms with Gasteiger partial charge in [-0.3, -0.25) is 19.4 Å². The van der Waals surface area contributed by atoms with Crippen molar-refractivity contribution in [2.45, 2.75) is 68.7 Å². The zero-order chi connectivity index (χ0) is 62.9. The molecule has 5 N–H and O–H groups in total. The van der Waals surface area contributed by atoms with Crippen LogP contribution in [0, 0.1) is 0 Å². The second kappa shape index (κ2) is 54.5. The molecule has 8 aromatic rings. The molecule has 0 saturated carbocycles. The Hall–Kier alpha value is -7.19. The third-order valence-electron chi connectivity index (χ3n) is 9.98. The molecule has 501 valence electrons. The number of carbonyl (C=O) groups excluding carboxylic acids is 5. The molecule has 0 radical (unpaired) electrons. The zero-order valence-corrected chi connectivity index (χ0v) is 51.5. The number of aliphatic hydroxyl groups is 3. The van der Waals surface area contributed by atoms with Crippen LogP contribution in [0.3, 0.4) is 0 Å². The third-order valence-corrected chi connectivity index (χ3v) is 11.2. The Morgan fingerprint density at radius 1 is 0.560 bits per heavy atom. The van der Waals surface area contributed by atoms with Gasteiger partial charge in [-0.25, -0.2) is 24.5 Å². The molecule has 91 heavy (non-hydrogen) atoms. The first-order valence-corrected chi connectivity index (χ1v) is 27.2. The molecule has 1 fully saturated rings. The molecule has 4 heterocycles. The summed E-state index contributed by atoms with van der Waals surface area (Å²) in [7, 11) is 3.76. The number of rotatable bonds is 13. The van der Waals surface area contributed by atoms with Crippen LogP contribution in [0.15, 0.2) is 158 Å². The normalized spacial score (nSPS) is 10.6. The maximum absolute atomic E-state index is 11.1. The molecule has 0 bridgehead atoms. The number of aldehydes is 2. The fourth-order valence-electron chi connectivity index (χ4n) is 5.69. The Morgan fingerprint density at radius 3 is 1.26 bits per heavy atom. The molecule has 1 aliphatic heterocycles. The van der Waals surface area contributed by atoms with Gasteiger partial charge in [0.25, 0.3) is 0 Å². The van der Waals surface area contributed by atoms with Gasteiger partial charge in [-0.15, -0.1) is 12.4 Å². The van der Waals surface area contributed by atoms with Crippen molar-refractivity contribution in [2.75, 3.05) is 47.8 Å². The standard InChI is InChI=1S/C11H8ClNO3.C11H12ClNO3.C10H8ClNO2.C10H6ClNO2.C7H5ClO.C4H9NO3.C4H8O.5CH4.ClH.Mn.2O/c1-15-11(14)9-6-16-10(13-9)7-2-4-8(12)5-3-7;1-16-11(15)10(7-14)13-6-8-2-4-9(12)5-3-8;2*11-8-3-1-7(2-4-8)10-12-9(5-13)6-14-10;8-7-3-1-6(5-9)2-4-7;1-8-4(7)3(5)2-6;1-2-4-5-3-1;;;;;;;;;/h2-6H,1H3;2-6,10,14H,7H2,1H3;1-4,6,13H,5H2;1-6H;1-5H;3,6H,2,5H2,1H3;1-4H2;5*1H4;1H;;;. The zero-order valence-electron chi connectivity index (χ0n) is 45.7. The molecule has 5 aromatic carbocycles. The Bertz CT molecular complexity index is 3270. The molecule has 0 spiro atoms. The molecular formula is C62H77Cl6MnN5O17. The van der Waals surface area contributed by atoms with Gasteiger partial charge in [-0.2, -0.15) is 0 Å². The number of aliphatic hydroxyl groups excluding tert-OH is 3. The van der Waals surface area contributed by atoms with Crippen molar-refractivity contribution >= 4 is 107 Å². The monoisotopic (exact) mass is 1430 g/mol. The SMILES string of the molecule is C.C.C.C.C.C1CCOC1.COC(=O)C(CO)N=Cc1ccc(Cl)cc1.COC(=O)C(N)CO.COC(=O)c1coc(-c2ccc(Cl)cc2)n1.Cl.O=Cc1ccc(Cl)cc1.O=Cc1coc(-c2ccc(Cl)cc2)n1.OCc1coc(-c2ccc(Cl)cc2)n1.[O]=[Mn]=[O]. The van der Waals surface area contributed by atoms with E-state index < -0.39 is 44.8 Å². The van der Waals surface area contributed by atoms with Crippen LogP contribution in [0.1, 0.15) is 92.6 Å². The van der Waals surface area contributed by atoms with E-state index in [0.29, 0.717) is 60.3 Å². The van der Waals surface area contributed by atoms with E-state index in [9.17, 15) is 24.0 Å². The van der Waals surface area contributed by atoms with Crippen molar-refractivity contribution in [1.29, 1.82) is 0 Å². The van der Waals surface area contributed by atoms with Crippen molar-refractivity contribution in [3.63, 3.8) is 0 Å². The Morgan fingerprint density at radius 2 is 0.945 bits per heavy atom. The van der Waals surface area contributed by atoms with Gasteiger partial charge < -0.3 is 53.3 Å². The molecule has 1 aliphatic rings. The third kappa shape index (κ3) is 37.7. The van der Waals surface area contributed by atoms with Crippen LogP contribution in [0.5, 0.6) is 0 Å². The van der Waals surface area contributed by atoms with Crippen molar-refractivity contribution in [2.24, 2.45) is 10.7 Å². The molecule has 9 rings (SSSR count). The predicted octanol–water partition coefficient (Wildman–Crippen LogP) is 14.2. The number of aromatic nitrogens is 3. The van der Waals surface area contributed by atoms with Gasteiger partial charge in [-0.1, -0.05) is 119 Å². The van der Waals surface area contributed by atoms with Gasteiger partial charge in [-0.05, 0) is 115 Å². The summed E-state index contributed by atoms with van der Waals surface area (Å²) in [6.07, 6.45) is 9.49. The van der Waals surface area contributed by atoms with Crippen LogP contribution >= 0.6 is 70.4 Å². The second-order valence-electron chi connectivity index (χ2n) is 16.0. The van der Waals surface area contributed by atoms with E-state index in [1.165, 1.54) is 59.2 Å². The van der Waals surface area contributed by atoms with Crippen LogP contribution in [0.25, 0.3) is 34.4 Å². The summed E-state index contributed by atoms with van der Waals surface area (Å²) < 4.78 is 50.4. The fraction of sp³-hybridized carbons (Fsp3) is 0.274. The summed E-state index contributed by atoms with van der Waals surface area (Å²) in [5.74, 6) is -0.407. The summed E-state index contributed by atoms with van der Waals surface area (Å²) in [6, 6.07) is 33.1. The van der Waals surface area contributed by atoms with E-state index in [1.807, 2.05) is 12.1 Å². The number of benzene rings is 5. The number of oxazole rings is 3. The van der Waals surface area contributed by atoms with Crippen LogP contribution < -0.4 is 5.73 Å². The van der Waals surface area contributed by atoms with Gasteiger partial charge in [0.05, 0.1) is 41.2 Å². The Labute approximate surface area is 567 Å². The Balaban J connectivity index is -0.000000317. The van der Waals surface area contributed by atoms with Crippen LogP contribution in [0.4, 0.5) is 0 Å². The first-order chi connectivity index (χ1) is 40.9. The quantitative estimate of drug-likeness (QED) is 0.0274. The van der Waals surface area contributed by atoms with Crippen molar-refractivity contribution < 1.29 is 94.0 Å². The van der Waals surface area contributed by atoms with Crippen molar-refractivity contribution in [3.05, 3.63) is 193 Å². The molecular weight excluding hydrogens is 1350 g/mol. The van der Waals surface area contributed by atoms with Crippen LogP contribution in [-0.4, -0.2) is 127 Å². The predicted molar refractivity (Wildman–Crippen MR) is 352 cm³/mol. The number of halogens is 6. The number of hydrogen-bond donors (Lipinski definition) is 4. The van der Waals surface area contributed by atoms with E-state index in [2.05, 4.69) is 34.2 Å². The molecule has 1 saturated heterocycles. The summed E-state index contributed by atoms with van der Waals surface area (Å²) in [6.45, 7) is 1.14. The summed E-state index contributed by atoms with van der Waals surface area (Å²) in [5, 5.41) is 29.2. The number of esters is 3. The summed E-state index contributed by atoms with van der Waals surface area (Å²) in [4.78, 5) is 68.9. The average molecular weight is 1430 g/mol. The molecule has 2 atom stereocenters. The number of aliphatic imine (C=N–C) groups is 1. The van der Waals surface area contributed by atoms with Gasteiger partial charge in [0.2, 0.25) is 17.7 Å². The Kier molecular flexibility index (Phi) is 55.5. The topological polar surface area (TPSA) is 334 Å². The van der Waals surface area contributed by atoms with Crippen molar-refractivity contribution in [3.8, 4) is 34.4 Å². The van der Waals surface area contributed by atoms with Gasteiger partial charge in [0, 0.05) is 66.8 Å². The van der Waals surface area contributed by atoms with E-state index in [0.717, 1.165) is 41.8 Å². The molecule has 22 nitrogen and oxygen atoms in total. The number of methoxy groups -OCH3 is 3. The molecule has 29 heteroatoms. The molecule has 0 aliphatic carbocycles. The van der Waals surface area contributed by atoms with E-state index in [-0.39, 0.29) is 80.7 Å². The minimum absolute atomic E-state index is 0. The summed E-state index contributed by atoms with van der Waals surface area (Å²) in [5.41, 5.74) is 9.79. The fourth-order valence-corrected chi connectivity index (χ4v) is 6.32. The van der Waals surface area contributed by atoms with E-state index >= 15 is 0 Å². The van der Waals surface area contributed by atoms with E-state index in [4.69, 9.17) is 105 Å². The van der Waals surface area contributed by atoms with Gasteiger partial charge in [0.15, 0.2) is 18.0 Å². The van der Waals surface area contributed by atoms with Crippen LogP contribution in [-0.2, 0) is 57.6 Å². The molecule has 2 unspecified atom stereocenters. The van der Waals surface area contributed by atoms with Gasteiger partial charge in [0.1, 0.15) is 42.5 Å². The number of nitrogens with two attached hydrogens (primary N) is 1. The number of nitrogens with zero attached hydrogens (tertiary/aromatic N) is 4. The number of hydrogen-bond acceptors (Lipinski definition) is 22. The summed E-state index contributed by atoms with van der Waals surface area (Å²) >= 11 is 27.0. The van der Waals surface area contributed by atoms with E-state index in [1.54, 1.807) is 109 Å². The molecule has 3 aromatic heterocycles. The number of ether oxygens (including phenoxy) is 4. The van der Waals surface area contributed by atoms with Crippen molar-refractivity contribution in [1.82, 2.24) is 15.0 Å². The first kappa shape index (κ1) is 92.5. The maximum atomic E-state index is 11.1. The number of carbonyl (C=O) groups is 5. The first-order valence-electron chi connectivity index (χ1n) is 24.3. The average Bonchev–Trinajstić information content (AvgIpc) is 1.95. The van der Waals surface area contributed by atoms with Gasteiger partial charge >= 0.3 is 40.4 Å². The van der Waals surface area contributed by atoms with Crippen LogP contribution in [0.2, 0.25) is 25.1 Å². The minimum atomic E-state index is -1.44. The molecule has 0 amide bonds. The second-order valence-corrected chi connectivity index (χ2v) is 18.3.